The summed E-state index contributed by atoms with van der Waals surface area (Å²) in [6.45, 7) is 1.37. The molecule has 2 aromatic carbocycles. The lowest BCUT2D eigenvalue weighted by Crippen LogP contribution is -2.51. The van der Waals surface area contributed by atoms with Gasteiger partial charge in [0, 0.05) is 36.6 Å². The molecular formula is C21H18Cl2N4O3. The second kappa shape index (κ2) is 8.45. The van der Waals surface area contributed by atoms with E-state index in [0.29, 0.717) is 47.2 Å². The number of benzene rings is 2. The molecule has 0 atom stereocenters. The Morgan fingerprint density at radius 1 is 0.967 bits per heavy atom. The lowest BCUT2D eigenvalue weighted by atomic mass is 10.1. The molecule has 2 heterocycles. The molecule has 1 aliphatic rings. The summed E-state index contributed by atoms with van der Waals surface area (Å²) < 4.78 is 1.18. The highest BCUT2D eigenvalue weighted by Crippen LogP contribution is 2.23. The van der Waals surface area contributed by atoms with Gasteiger partial charge in [0.15, 0.2) is 0 Å². The standard InChI is InChI=1S/C21H18Cl2N4O3/c22-15-5-6-17(18(23)11-15)20(29)26-9-7-25(8-10-26)19(28)13-27-21(30)16-4-2-1-3-14(16)12-24-27/h1-6,11-12H,7-10,13H2. The highest BCUT2D eigenvalue weighted by molar-refractivity contribution is 6.36. The molecule has 30 heavy (non-hydrogen) atoms. The minimum atomic E-state index is -0.298. The van der Waals surface area contributed by atoms with Crippen molar-refractivity contribution < 1.29 is 9.59 Å². The van der Waals surface area contributed by atoms with Crippen LogP contribution in [0.1, 0.15) is 10.4 Å². The van der Waals surface area contributed by atoms with Crippen molar-refractivity contribution in [3.63, 3.8) is 0 Å². The number of nitrogens with zero attached hydrogens (tertiary/aromatic N) is 4. The number of rotatable bonds is 3. The first-order valence-corrected chi connectivity index (χ1v) is 10.2. The average Bonchev–Trinajstić information content (AvgIpc) is 2.75. The molecule has 4 rings (SSSR count). The Morgan fingerprint density at radius 2 is 1.67 bits per heavy atom. The average molecular weight is 445 g/mol. The van der Waals surface area contributed by atoms with Crippen LogP contribution in [0, 0.1) is 0 Å². The number of fused-ring (bicyclic) bond motifs is 1. The SMILES string of the molecule is O=C(Cn1ncc2ccccc2c1=O)N1CCN(C(=O)c2ccc(Cl)cc2Cl)CC1. The molecule has 3 aromatic rings. The van der Waals surface area contributed by atoms with Crippen molar-refractivity contribution in [3.8, 4) is 0 Å². The van der Waals surface area contributed by atoms with Crippen molar-refractivity contribution in [1.82, 2.24) is 19.6 Å². The number of piperazine rings is 1. The van der Waals surface area contributed by atoms with Crippen LogP contribution in [0.5, 0.6) is 0 Å². The van der Waals surface area contributed by atoms with E-state index in [0.717, 1.165) is 5.39 Å². The Labute approximate surface area is 182 Å². The van der Waals surface area contributed by atoms with Gasteiger partial charge < -0.3 is 9.80 Å². The molecule has 7 nitrogen and oxygen atoms in total. The third-order valence-corrected chi connectivity index (χ3v) is 5.68. The topological polar surface area (TPSA) is 75.5 Å². The van der Waals surface area contributed by atoms with Gasteiger partial charge in [0.25, 0.3) is 11.5 Å². The number of aromatic nitrogens is 2. The first-order chi connectivity index (χ1) is 14.4. The molecule has 0 radical (unpaired) electrons. The Kier molecular flexibility index (Phi) is 5.74. The smallest absolute Gasteiger partial charge is 0.275 e. The van der Waals surface area contributed by atoms with Crippen molar-refractivity contribution in [3.05, 3.63) is 74.6 Å². The van der Waals surface area contributed by atoms with E-state index >= 15 is 0 Å². The summed E-state index contributed by atoms with van der Waals surface area (Å²) >= 11 is 12.0. The van der Waals surface area contributed by atoms with Crippen LogP contribution in [0.4, 0.5) is 0 Å². The number of carbonyl (C=O) groups excluding carboxylic acids is 2. The number of hydrogen-bond donors (Lipinski definition) is 0. The van der Waals surface area contributed by atoms with Gasteiger partial charge in [0.05, 0.1) is 22.2 Å². The lowest BCUT2D eigenvalue weighted by Gasteiger charge is -2.35. The zero-order chi connectivity index (χ0) is 21.3. The van der Waals surface area contributed by atoms with E-state index < -0.39 is 0 Å². The van der Waals surface area contributed by atoms with Crippen molar-refractivity contribution >= 4 is 45.8 Å². The van der Waals surface area contributed by atoms with E-state index in [9.17, 15) is 14.4 Å². The van der Waals surface area contributed by atoms with Crippen LogP contribution >= 0.6 is 23.2 Å². The Hall–Kier alpha value is -2.90. The van der Waals surface area contributed by atoms with Gasteiger partial charge in [-0.15, -0.1) is 0 Å². The summed E-state index contributed by atoms with van der Waals surface area (Å²) in [5.41, 5.74) is 0.0837. The molecule has 2 amide bonds. The minimum absolute atomic E-state index is 0.138. The second-order valence-corrected chi connectivity index (χ2v) is 7.84. The van der Waals surface area contributed by atoms with Crippen LogP contribution in [0.25, 0.3) is 10.8 Å². The van der Waals surface area contributed by atoms with E-state index in [2.05, 4.69) is 5.10 Å². The van der Waals surface area contributed by atoms with Gasteiger partial charge in [-0.05, 0) is 24.3 Å². The third-order valence-electron chi connectivity index (χ3n) is 5.13. The highest BCUT2D eigenvalue weighted by atomic mass is 35.5. The van der Waals surface area contributed by atoms with Crippen LogP contribution in [0.2, 0.25) is 10.0 Å². The van der Waals surface area contributed by atoms with Crippen molar-refractivity contribution in [1.29, 1.82) is 0 Å². The van der Waals surface area contributed by atoms with E-state index in [-0.39, 0.29) is 23.9 Å². The molecule has 1 aliphatic heterocycles. The zero-order valence-corrected chi connectivity index (χ0v) is 17.4. The van der Waals surface area contributed by atoms with E-state index in [4.69, 9.17) is 23.2 Å². The van der Waals surface area contributed by atoms with Crippen LogP contribution in [-0.2, 0) is 11.3 Å². The van der Waals surface area contributed by atoms with E-state index in [1.807, 2.05) is 6.07 Å². The van der Waals surface area contributed by atoms with Crippen molar-refractivity contribution in [2.45, 2.75) is 6.54 Å². The maximum Gasteiger partial charge on any atom is 0.275 e. The third kappa shape index (κ3) is 4.04. The quantitative estimate of drug-likeness (QED) is 0.622. The van der Waals surface area contributed by atoms with Crippen LogP contribution < -0.4 is 5.56 Å². The molecule has 0 bridgehead atoms. The fourth-order valence-electron chi connectivity index (χ4n) is 3.46. The van der Waals surface area contributed by atoms with Gasteiger partial charge in [-0.1, -0.05) is 41.4 Å². The molecular weight excluding hydrogens is 427 g/mol. The molecule has 1 aromatic heterocycles. The first kappa shape index (κ1) is 20.4. The molecule has 0 spiro atoms. The molecule has 9 heteroatoms. The van der Waals surface area contributed by atoms with Crippen LogP contribution in [0.15, 0.2) is 53.5 Å². The predicted molar refractivity (Wildman–Crippen MR) is 115 cm³/mol. The Balaban J connectivity index is 1.40. The number of amides is 2. The summed E-state index contributed by atoms with van der Waals surface area (Å²) in [7, 11) is 0. The maximum absolute atomic E-state index is 12.7. The summed E-state index contributed by atoms with van der Waals surface area (Å²) in [5.74, 6) is -0.410. The molecule has 0 saturated carbocycles. The van der Waals surface area contributed by atoms with Gasteiger partial charge in [-0.3, -0.25) is 14.4 Å². The van der Waals surface area contributed by atoms with Crippen molar-refractivity contribution in [2.24, 2.45) is 0 Å². The molecule has 154 valence electrons. The monoisotopic (exact) mass is 444 g/mol. The fraction of sp³-hybridized carbons (Fsp3) is 0.238. The summed E-state index contributed by atoms with van der Waals surface area (Å²) in [4.78, 5) is 41.2. The van der Waals surface area contributed by atoms with Gasteiger partial charge in [-0.25, -0.2) is 4.68 Å². The van der Waals surface area contributed by atoms with Gasteiger partial charge in [0.2, 0.25) is 5.91 Å². The second-order valence-electron chi connectivity index (χ2n) is 6.99. The molecule has 0 N–H and O–H groups in total. The van der Waals surface area contributed by atoms with Gasteiger partial charge >= 0.3 is 0 Å². The van der Waals surface area contributed by atoms with E-state index in [1.165, 1.54) is 10.7 Å². The summed E-state index contributed by atoms with van der Waals surface area (Å²) in [6, 6.07) is 11.9. The molecule has 0 aliphatic carbocycles. The normalized spacial score (nSPS) is 14.2. The predicted octanol–water partition coefficient (Wildman–Crippen LogP) is 2.69. The maximum atomic E-state index is 12.7. The van der Waals surface area contributed by atoms with Crippen LogP contribution in [0.3, 0.4) is 0 Å². The zero-order valence-electron chi connectivity index (χ0n) is 15.9. The first-order valence-electron chi connectivity index (χ1n) is 9.41. The number of halogens is 2. The highest BCUT2D eigenvalue weighted by Gasteiger charge is 2.26. The molecule has 1 fully saturated rings. The fourth-order valence-corrected chi connectivity index (χ4v) is 3.95. The molecule has 0 unspecified atom stereocenters. The van der Waals surface area contributed by atoms with E-state index in [1.54, 1.807) is 46.3 Å². The number of carbonyl (C=O) groups is 2. The summed E-state index contributed by atoms with van der Waals surface area (Å²) in [5, 5.41) is 6.13. The summed E-state index contributed by atoms with van der Waals surface area (Å²) in [6.07, 6.45) is 1.58. The number of hydrogen-bond acceptors (Lipinski definition) is 4. The molecule has 1 saturated heterocycles. The Morgan fingerprint density at radius 3 is 2.40 bits per heavy atom. The van der Waals surface area contributed by atoms with Crippen molar-refractivity contribution in [2.75, 3.05) is 26.2 Å². The largest absolute Gasteiger partial charge is 0.338 e. The minimum Gasteiger partial charge on any atom is -0.338 e. The van der Waals surface area contributed by atoms with Crippen LogP contribution in [-0.4, -0.2) is 57.6 Å². The van der Waals surface area contributed by atoms with Gasteiger partial charge in [-0.2, -0.15) is 5.10 Å². The van der Waals surface area contributed by atoms with Gasteiger partial charge in [0.1, 0.15) is 6.54 Å². The lowest BCUT2D eigenvalue weighted by molar-refractivity contribution is -0.133. The Bertz CT molecular complexity index is 1190.